The predicted molar refractivity (Wildman–Crippen MR) is 101 cm³/mol. The van der Waals surface area contributed by atoms with Crippen LogP contribution in [0.3, 0.4) is 0 Å². The van der Waals surface area contributed by atoms with Gasteiger partial charge in [-0.2, -0.15) is 0 Å². The lowest BCUT2D eigenvalue weighted by Crippen LogP contribution is -2.36. The Kier molecular flexibility index (Phi) is 6.72. The zero-order valence-corrected chi connectivity index (χ0v) is 16.1. The summed E-state index contributed by atoms with van der Waals surface area (Å²) in [5.74, 6) is -0.126. The van der Waals surface area contributed by atoms with Crippen molar-refractivity contribution >= 4 is 15.9 Å². The highest BCUT2D eigenvalue weighted by Crippen LogP contribution is 2.17. The van der Waals surface area contributed by atoms with E-state index in [-0.39, 0.29) is 10.8 Å². The molecule has 1 amide bonds. The normalized spacial score (nSPS) is 19.6. The predicted octanol–water partition coefficient (Wildman–Crippen LogP) is 1.84. The lowest BCUT2D eigenvalue weighted by molar-refractivity contribution is 0.0787. The minimum absolute atomic E-state index is 0.120. The van der Waals surface area contributed by atoms with E-state index in [0.717, 1.165) is 25.9 Å². The second kappa shape index (κ2) is 9.01. The summed E-state index contributed by atoms with van der Waals surface area (Å²) in [6.45, 7) is 2.45. The Bertz CT molecular complexity index is 687. The van der Waals surface area contributed by atoms with Gasteiger partial charge in [0.2, 0.25) is 10.0 Å². The Morgan fingerprint density at radius 1 is 1.08 bits per heavy atom. The quantitative estimate of drug-likeness (QED) is 0.495. The van der Waals surface area contributed by atoms with Gasteiger partial charge in [0.05, 0.1) is 0 Å². The van der Waals surface area contributed by atoms with Gasteiger partial charge in [0.25, 0.3) is 5.91 Å². The first kappa shape index (κ1) is 19.4. The fourth-order valence-electron chi connectivity index (χ4n) is 3.77. The molecule has 2 heterocycles. The number of nitrogens with zero attached hydrogens (tertiary/aromatic N) is 1. The molecule has 26 heavy (non-hydrogen) atoms. The van der Waals surface area contributed by atoms with Crippen molar-refractivity contribution in [2.45, 2.75) is 62.3 Å². The molecule has 1 aliphatic carbocycles. The molecule has 1 saturated carbocycles. The van der Waals surface area contributed by atoms with Gasteiger partial charge in [-0.25, -0.2) is 13.1 Å². The van der Waals surface area contributed by atoms with Crippen LogP contribution in [0.2, 0.25) is 0 Å². The van der Waals surface area contributed by atoms with E-state index in [1.54, 1.807) is 4.90 Å². The largest absolute Gasteiger partial charge is 0.356 e. The van der Waals surface area contributed by atoms with E-state index in [4.69, 9.17) is 0 Å². The van der Waals surface area contributed by atoms with E-state index in [1.807, 2.05) is 0 Å². The molecule has 2 aliphatic rings. The van der Waals surface area contributed by atoms with E-state index in [9.17, 15) is 13.2 Å². The third-order valence-electron chi connectivity index (χ3n) is 5.30. The number of nitrogens with one attached hydrogen (secondary N) is 3. The maximum atomic E-state index is 12.4. The lowest BCUT2D eigenvalue weighted by atomic mass is 10.1. The van der Waals surface area contributed by atoms with Gasteiger partial charge >= 0.3 is 0 Å². The fraction of sp³-hybridized carbons (Fsp3) is 0.722. The highest BCUT2D eigenvalue weighted by molar-refractivity contribution is 7.89. The minimum Gasteiger partial charge on any atom is -0.356 e. The zero-order chi connectivity index (χ0) is 18.4. The number of aromatic nitrogens is 1. The first-order chi connectivity index (χ1) is 12.6. The number of likely N-dealkylation sites (tertiary alicyclic amines) is 1. The Morgan fingerprint density at radius 2 is 1.77 bits per heavy atom. The van der Waals surface area contributed by atoms with Gasteiger partial charge < -0.3 is 15.2 Å². The molecule has 1 aromatic rings. The van der Waals surface area contributed by atoms with Gasteiger partial charge in [-0.3, -0.25) is 4.79 Å². The number of sulfonamides is 1. The van der Waals surface area contributed by atoms with E-state index in [0.29, 0.717) is 24.8 Å². The monoisotopic (exact) mass is 382 g/mol. The molecular weight excluding hydrogens is 352 g/mol. The van der Waals surface area contributed by atoms with Gasteiger partial charge in [-0.15, -0.1) is 0 Å². The summed E-state index contributed by atoms with van der Waals surface area (Å²) in [7, 11) is -3.60. The topological polar surface area (TPSA) is 94.3 Å². The van der Waals surface area contributed by atoms with Crippen molar-refractivity contribution < 1.29 is 13.2 Å². The summed E-state index contributed by atoms with van der Waals surface area (Å²) < 4.78 is 27.4. The van der Waals surface area contributed by atoms with E-state index < -0.39 is 10.0 Å². The first-order valence-electron chi connectivity index (χ1n) is 9.77. The summed E-state index contributed by atoms with van der Waals surface area (Å²) in [4.78, 5) is 17.0. The van der Waals surface area contributed by atoms with Gasteiger partial charge in [-0.05, 0) is 31.7 Å². The average molecular weight is 383 g/mol. The number of H-pyrrole nitrogens is 1. The highest BCUT2D eigenvalue weighted by Gasteiger charge is 2.23. The van der Waals surface area contributed by atoms with Crippen molar-refractivity contribution in [2.24, 2.45) is 0 Å². The summed E-state index contributed by atoms with van der Waals surface area (Å²) in [6, 6.07) is 1.93. The Morgan fingerprint density at radius 3 is 2.46 bits per heavy atom. The molecule has 1 saturated heterocycles. The highest BCUT2D eigenvalue weighted by atomic mass is 32.2. The van der Waals surface area contributed by atoms with Gasteiger partial charge in [0.15, 0.2) is 0 Å². The van der Waals surface area contributed by atoms with Crippen LogP contribution in [0.4, 0.5) is 0 Å². The molecule has 146 valence electrons. The number of hydrogen-bond acceptors (Lipinski definition) is 4. The molecular formula is C18H30N4O3S. The molecule has 0 aromatic carbocycles. The molecule has 7 nitrogen and oxygen atoms in total. The Labute approximate surface area is 156 Å². The number of hydrogen-bond donors (Lipinski definition) is 3. The van der Waals surface area contributed by atoms with Gasteiger partial charge in [0.1, 0.15) is 10.6 Å². The molecule has 0 bridgehead atoms. The Balaban J connectivity index is 1.47. The van der Waals surface area contributed by atoms with Crippen molar-refractivity contribution in [1.29, 1.82) is 0 Å². The third-order valence-corrected chi connectivity index (χ3v) is 6.74. The van der Waals surface area contributed by atoms with Crippen molar-refractivity contribution in [3.63, 3.8) is 0 Å². The van der Waals surface area contributed by atoms with Gasteiger partial charge in [0, 0.05) is 38.4 Å². The van der Waals surface area contributed by atoms with E-state index in [1.165, 1.54) is 50.8 Å². The molecule has 0 unspecified atom stereocenters. The van der Waals surface area contributed by atoms with Crippen LogP contribution in [0.15, 0.2) is 17.2 Å². The summed E-state index contributed by atoms with van der Waals surface area (Å²) in [6.07, 6.45) is 10.9. The van der Waals surface area contributed by atoms with Crippen molar-refractivity contribution in [3.05, 3.63) is 18.0 Å². The number of aromatic amines is 1. The maximum absolute atomic E-state index is 12.4. The molecule has 0 atom stereocenters. The minimum atomic E-state index is -3.60. The van der Waals surface area contributed by atoms with Crippen molar-refractivity contribution in [3.8, 4) is 0 Å². The summed E-state index contributed by atoms with van der Waals surface area (Å²) in [5.41, 5.74) is 0.337. The van der Waals surface area contributed by atoms with Crippen LogP contribution in [0.5, 0.6) is 0 Å². The summed E-state index contributed by atoms with van der Waals surface area (Å²) in [5, 5.41) is 3.45. The smallest absolute Gasteiger partial charge is 0.270 e. The van der Waals surface area contributed by atoms with E-state index >= 15 is 0 Å². The number of rotatable bonds is 7. The second-order valence-corrected chi connectivity index (χ2v) is 9.06. The third kappa shape index (κ3) is 5.08. The Hall–Kier alpha value is -1.38. The maximum Gasteiger partial charge on any atom is 0.270 e. The van der Waals surface area contributed by atoms with Gasteiger partial charge in [-0.1, -0.05) is 25.7 Å². The fourth-order valence-corrected chi connectivity index (χ4v) is 4.80. The van der Waals surface area contributed by atoms with E-state index in [2.05, 4.69) is 15.0 Å². The molecule has 1 aromatic heterocycles. The number of amides is 1. The molecule has 0 spiro atoms. The first-order valence-corrected chi connectivity index (χ1v) is 11.3. The average Bonchev–Trinajstić information content (AvgIpc) is 3.27. The van der Waals surface area contributed by atoms with Crippen molar-refractivity contribution in [1.82, 2.24) is 19.9 Å². The standard InChI is InChI=1S/C18H30N4O3S/c23-18(22-11-5-6-12-22)17-13-16(14-20-17)26(24,25)21-10-9-19-15-7-3-1-2-4-8-15/h13-15,19-21H,1-12H2. The van der Waals surface area contributed by atoms with Crippen LogP contribution in [0.1, 0.15) is 61.9 Å². The SMILES string of the molecule is O=C(c1cc(S(=O)(=O)NCCNC2CCCCCC2)c[nH]1)N1CCCC1. The molecule has 8 heteroatoms. The number of carbonyl (C=O) groups is 1. The molecule has 3 N–H and O–H groups in total. The zero-order valence-electron chi connectivity index (χ0n) is 15.3. The van der Waals surface area contributed by atoms with Crippen LogP contribution in [-0.4, -0.2) is 56.4 Å². The second-order valence-electron chi connectivity index (χ2n) is 7.29. The molecule has 0 radical (unpaired) electrons. The molecule has 1 aliphatic heterocycles. The summed E-state index contributed by atoms with van der Waals surface area (Å²) >= 11 is 0. The molecule has 2 fully saturated rings. The van der Waals surface area contributed by atoms with Crippen molar-refractivity contribution in [2.75, 3.05) is 26.2 Å². The van der Waals surface area contributed by atoms with Crippen LogP contribution in [0, 0.1) is 0 Å². The number of carbonyl (C=O) groups excluding carboxylic acids is 1. The van der Waals surface area contributed by atoms with Crippen LogP contribution < -0.4 is 10.0 Å². The lowest BCUT2D eigenvalue weighted by Gasteiger charge is -2.16. The van der Waals surface area contributed by atoms with Crippen LogP contribution in [0.25, 0.3) is 0 Å². The van der Waals surface area contributed by atoms with Crippen LogP contribution >= 0.6 is 0 Å². The molecule has 3 rings (SSSR count). The van der Waals surface area contributed by atoms with Crippen LogP contribution in [-0.2, 0) is 10.0 Å².